The van der Waals surface area contributed by atoms with Gasteiger partial charge in [-0.1, -0.05) is 18.2 Å². The zero-order valence-corrected chi connectivity index (χ0v) is 16.0. The molecule has 0 aliphatic rings. The molecular weight excluding hydrogens is 358 g/mol. The Hall–Kier alpha value is -3.16. The maximum absolute atomic E-state index is 11.8. The highest BCUT2D eigenvalue weighted by molar-refractivity contribution is 6.06. The van der Waals surface area contributed by atoms with E-state index in [9.17, 15) is 9.59 Å². The fourth-order valence-corrected chi connectivity index (χ4v) is 3.19. The number of aromatic nitrogens is 3. The number of anilines is 1. The van der Waals surface area contributed by atoms with E-state index in [0.29, 0.717) is 25.2 Å². The lowest BCUT2D eigenvalue weighted by Crippen LogP contribution is -2.24. The molecule has 148 valence electrons. The number of imidazole rings is 1. The number of aryl methyl sites for hydroxylation is 1. The number of nitrogens with one attached hydrogen (secondary N) is 1. The molecule has 0 aliphatic heterocycles. The standard InChI is InChI=1S/C20H25N5O3/c1-28-17(27)10-6-9-16(26)22-11-4-5-12-25-13-23-18-19(25)14-7-2-3-8-15(14)24-20(18)21/h2-3,7-8,13H,4-6,9-12H2,1H3,(H2,21,24)(H,22,26). The van der Waals surface area contributed by atoms with Gasteiger partial charge >= 0.3 is 5.97 Å². The number of fused-ring (bicyclic) bond motifs is 3. The summed E-state index contributed by atoms with van der Waals surface area (Å²) in [6.07, 6.45) is 4.64. The smallest absolute Gasteiger partial charge is 0.305 e. The normalized spacial score (nSPS) is 11.0. The number of carbonyl (C=O) groups excluding carboxylic acids is 2. The molecule has 2 aromatic heterocycles. The van der Waals surface area contributed by atoms with Gasteiger partial charge in [-0.15, -0.1) is 0 Å². The summed E-state index contributed by atoms with van der Waals surface area (Å²) in [6, 6.07) is 7.89. The number of benzene rings is 1. The number of methoxy groups -OCH3 is 1. The Kier molecular flexibility index (Phi) is 6.41. The summed E-state index contributed by atoms with van der Waals surface area (Å²) in [6.45, 7) is 1.39. The molecule has 2 heterocycles. The van der Waals surface area contributed by atoms with Crippen LogP contribution in [0.3, 0.4) is 0 Å². The van der Waals surface area contributed by atoms with E-state index >= 15 is 0 Å². The number of nitrogen functional groups attached to an aromatic ring is 1. The second kappa shape index (κ2) is 9.16. The van der Waals surface area contributed by atoms with Crippen molar-refractivity contribution in [2.24, 2.45) is 0 Å². The van der Waals surface area contributed by atoms with Crippen molar-refractivity contribution in [1.82, 2.24) is 19.9 Å². The van der Waals surface area contributed by atoms with Crippen molar-refractivity contribution >= 4 is 39.6 Å². The number of amides is 1. The Labute approximate surface area is 163 Å². The number of para-hydroxylation sites is 1. The van der Waals surface area contributed by atoms with Gasteiger partial charge in [0.15, 0.2) is 5.82 Å². The van der Waals surface area contributed by atoms with Gasteiger partial charge in [0, 0.05) is 31.3 Å². The Balaban J connectivity index is 1.50. The van der Waals surface area contributed by atoms with Crippen molar-refractivity contribution in [3.8, 4) is 0 Å². The predicted octanol–water partition coefficient (Wildman–Crippen LogP) is 2.41. The number of carbonyl (C=O) groups is 2. The van der Waals surface area contributed by atoms with Gasteiger partial charge in [0.2, 0.25) is 5.91 Å². The lowest BCUT2D eigenvalue weighted by Gasteiger charge is -2.08. The summed E-state index contributed by atoms with van der Waals surface area (Å²) >= 11 is 0. The zero-order valence-electron chi connectivity index (χ0n) is 16.0. The maximum Gasteiger partial charge on any atom is 0.305 e. The fraction of sp³-hybridized carbons (Fsp3) is 0.400. The van der Waals surface area contributed by atoms with Gasteiger partial charge in [-0.25, -0.2) is 9.97 Å². The van der Waals surface area contributed by atoms with E-state index in [1.807, 2.05) is 24.3 Å². The second-order valence-corrected chi connectivity index (χ2v) is 6.64. The van der Waals surface area contributed by atoms with Crippen molar-refractivity contribution in [2.75, 3.05) is 19.4 Å². The number of hydrogen-bond donors (Lipinski definition) is 2. The van der Waals surface area contributed by atoms with Crippen molar-refractivity contribution in [3.63, 3.8) is 0 Å². The average Bonchev–Trinajstić information content (AvgIpc) is 3.12. The van der Waals surface area contributed by atoms with Gasteiger partial charge in [-0.2, -0.15) is 0 Å². The highest BCUT2D eigenvalue weighted by Crippen LogP contribution is 2.27. The number of esters is 1. The predicted molar refractivity (Wildman–Crippen MR) is 108 cm³/mol. The van der Waals surface area contributed by atoms with Crippen LogP contribution in [0.2, 0.25) is 0 Å². The van der Waals surface area contributed by atoms with Crippen LogP contribution in [-0.2, 0) is 20.9 Å². The van der Waals surface area contributed by atoms with Gasteiger partial charge in [0.05, 0.1) is 24.5 Å². The first kappa shape index (κ1) is 19.6. The maximum atomic E-state index is 11.8. The number of pyridine rings is 1. The molecule has 0 radical (unpaired) electrons. The largest absolute Gasteiger partial charge is 0.469 e. The molecule has 1 amide bonds. The third-order valence-corrected chi connectivity index (χ3v) is 4.64. The van der Waals surface area contributed by atoms with Crippen LogP contribution in [0, 0.1) is 0 Å². The third-order valence-electron chi connectivity index (χ3n) is 4.64. The van der Waals surface area contributed by atoms with Gasteiger partial charge in [0.1, 0.15) is 5.52 Å². The molecule has 3 aromatic rings. The lowest BCUT2D eigenvalue weighted by atomic mass is 10.2. The van der Waals surface area contributed by atoms with Crippen molar-refractivity contribution < 1.29 is 14.3 Å². The van der Waals surface area contributed by atoms with Crippen LogP contribution < -0.4 is 11.1 Å². The summed E-state index contributed by atoms with van der Waals surface area (Å²) < 4.78 is 6.65. The number of ether oxygens (including phenoxy) is 1. The van der Waals surface area contributed by atoms with Gasteiger partial charge in [-0.05, 0) is 25.3 Å². The van der Waals surface area contributed by atoms with Crippen LogP contribution in [0.1, 0.15) is 32.1 Å². The Morgan fingerprint density at radius 2 is 2.00 bits per heavy atom. The molecule has 28 heavy (non-hydrogen) atoms. The molecular formula is C20H25N5O3. The molecule has 3 rings (SSSR count). The van der Waals surface area contributed by atoms with E-state index in [1.54, 1.807) is 6.33 Å². The van der Waals surface area contributed by atoms with E-state index in [1.165, 1.54) is 7.11 Å². The molecule has 3 N–H and O–H groups in total. The van der Waals surface area contributed by atoms with Gasteiger partial charge in [-0.3, -0.25) is 9.59 Å². The van der Waals surface area contributed by atoms with E-state index in [2.05, 4.69) is 24.6 Å². The van der Waals surface area contributed by atoms with Crippen molar-refractivity contribution in [2.45, 2.75) is 38.6 Å². The molecule has 0 aliphatic carbocycles. The molecule has 1 aromatic carbocycles. The lowest BCUT2D eigenvalue weighted by molar-refractivity contribution is -0.140. The summed E-state index contributed by atoms with van der Waals surface area (Å²) in [5.74, 6) is 0.109. The fourth-order valence-electron chi connectivity index (χ4n) is 3.19. The number of hydrogen-bond acceptors (Lipinski definition) is 6. The van der Waals surface area contributed by atoms with E-state index in [-0.39, 0.29) is 18.3 Å². The Bertz CT molecular complexity index is 983. The summed E-state index contributed by atoms with van der Waals surface area (Å²) in [7, 11) is 1.35. The molecule has 0 unspecified atom stereocenters. The van der Waals surface area contributed by atoms with E-state index in [4.69, 9.17) is 5.73 Å². The van der Waals surface area contributed by atoms with Crippen LogP contribution in [0.4, 0.5) is 5.82 Å². The quantitative estimate of drug-likeness (QED) is 0.433. The summed E-state index contributed by atoms with van der Waals surface area (Å²) in [5.41, 5.74) is 8.62. The minimum atomic E-state index is -0.288. The van der Waals surface area contributed by atoms with Gasteiger partial charge in [0.25, 0.3) is 0 Å². The molecule has 0 saturated heterocycles. The molecule has 0 bridgehead atoms. The Morgan fingerprint density at radius 1 is 1.18 bits per heavy atom. The van der Waals surface area contributed by atoms with E-state index in [0.717, 1.165) is 41.3 Å². The molecule has 0 fully saturated rings. The molecule has 0 atom stereocenters. The van der Waals surface area contributed by atoms with Crippen LogP contribution in [0.25, 0.3) is 21.9 Å². The number of rotatable bonds is 9. The molecule has 0 saturated carbocycles. The average molecular weight is 383 g/mol. The minimum Gasteiger partial charge on any atom is -0.469 e. The number of unbranched alkanes of at least 4 members (excludes halogenated alkanes) is 1. The molecule has 8 heteroatoms. The van der Waals surface area contributed by atoms with Crippen LogP contribution in [0.5, 0.6) is 0 Å². The zero-order chi connectivity index (χ0) is 19.9. The van der Waals surface area contributed by atoms with Crippen LogP contribution >= 0.6 is 0 Å². The second-order valence-electron chi connectivity index (χ2n) is 6.64. The first-order valence-electron chi connectivity index (χ1n) is 9.42. The third kappa shape index (κ3) is 4.57. The van der Waals surface area contributed by atoms with Crippen molar-refractivity contribution in [1.29, 1.82) is 0 Å². The minimum absolute atomic E-state index is 0.0400. The van der Waals surface area contributed by atoms with Gasteiger partial charge < -0.3 is 20.4 Å². The number of nitrogens with two attached hydrogens (primary N) is 1. The highest BCUT2D eigenvalue weighted by Gasteiger charge is 2.11. The molecule has 0 spiro atoms. The van der Waals surface area contributed by atoms with E-state index < -0.39 is 0 Å². The monoisotopic (exact) mass is 383 g/mol. The Morgan fingerprint density at radius 3 is 2.82 bits per heavy atom. The first-order chi connectivity index (χ1) is 13.6. The molecule has 8 nitrogen and oxygen atoms in total. The SMILES string of the molecule is COC(=O)CCCC(=O)NCCCCn1cnc2c(N)nc3ccccc3c21. The number of nitrogens with zero attached hydrogens (tertiary/aromatic N) is 3. The highest BCUT2D eigenvalue weighted by atomic mass is 16.5. The van der Waals surface area contributed by atoms with Crippen molar-refractivity contribution in [3.05, 3.63) is 30.6 Å². The first-order valence-corrected chi connectivity index (χ1v) is 9.42. The summed E-state index contributed by atoms with van der Waals surface area (Å²) in [4.78, 5) is 31.6. The van der Waals surface area contributed by atoms with Crippen LogP contribution in [0.15, 0.2) is 30.6 Å². The topological polar surface area (TPSA) is 112 Å². The summed E-state index contributed by atoms with van der Waals surface area (Å²) in [5, 5.41) is 3.92. The van der Waals surface area contributed by atoms with Crippen LogP contribution in [-0.4, -0.2) is 40.1 Å².